The monoisotopic (exact) mass is 832 g/mol. The number of rotatable bonds is 43. The number of carbonyl (C=O) groups excluding carboxylic acids is 3. The van der Waals surface area contributed by atoms with Gasteiger partial charge in [-0.15, -0.1) is 0 Å². The highest BCUT2D eigenvalue weighted by molar-refractivity contribution is 7.47. The van der Waals surface area contributed by atoms with Crippen LogP contribution in [0.2, 0.25) is 0 Å². The molecule has 0 rings (SSSR count). The first-order valence-electron chi connectivity index (χ1n) is 22.7. The molecule has 13 heteroatoms. The van der Waals surface area contributed by atoms with Crippen LogP contribution in [0.25, 0.3) is 0 Å². The minimum atomic E-state index is -4.59. The summed E-state index contributed by atoms with van der Waals surface area (Å²) in [6.45, 7) is 3.19. The van der Waals surface area contributed by atoms with E-state index >= 15 is 0 Å². The summed E-state index contributed by atoms with van der Waals surface area (Å²) in [5.41, 5.74) is 0. The molecule has 1 amide bonds. The van der Waals surface area contributed by atoms with E-state index in [2.05, 4.69) is 31.3 Å². The Morgan fingerprint density at radius 1 is 0.561 bits per heavy atom. The molecule has 12 nitrogen and oxygen atoms in total. The minimum Gasteiger partial charge on any atom is -0.481 e. The van der Waals surface area contributed by atoms with E-state index < -0.39 is 44.3 Å². The van der Waals surface area contributed by atoms with Gasteiger partial charge in [0, 0.05) is 32.2 Å². The molecule has 0 fully saturated rings. The number of amides is 1. The summed E-state index contributed by atoms with van der Waals surface area (Å²) in [7, 11) is -4.59. The van der Waals surface area contributed by atoms with Crippen molar-refractivity contribution in [2.45, 2.75) is 219 Å². The van der Waals surface area contributed by atoms with Crippen LogP contribution in [-0.2, 0) is 42.3 Å². The van der Waals surface area contributed by atoms with Gasteiger partial charge >= 0.3 is 25.7 Å². The number of aliphatic carboxylic acids is 1. The number of ether oxygens (including phenoxy) is 2. The third-order valence-electron chi connectivity index (χ3n) is 9.75. The molecule has 0 aliphatic heterocycles. The molecule has 0 spiro atoms. The molecule has 0 aliphatic carbocycles. The number of carboxylic acids is 1. The standard InChI is InChI=1S/C44H82NO11P/c1-3-5-7-9-11-13-15-17-18-20-22-24-26-28-30-35-44(50)56-40(39-55-57(51,52)54-37-36-45-41(46)32-31-33-42(47)48)38-53-43(49)34-29-27-25-23-21-19-16-14-12-10-8-6-4-2/h17-18,40H,3-16,19-39H2,1-2H3,(H,45,46)(H,47,48)(H,51,52)/b18-17-/t40-/m1/s1. The van der Waals surface area contributed by atoms with Crippen molar-refractivity contribution >= 4 is 31.6 Å². The first-order valence-corrected chi connectivity index (χ1v) is 24.2. The lowest BCUT2D eigenvalue weighted by molar-refractivity contribution is -0.161. The van der Waals surface area contributed by atoms with Crippen molar-refractivity contribution in [3.05, 3.63) is 12.2 Å². The van der Waals surface area contributed by atoms with Crippen molar-refractivity contribution in [1.82, 2.24) is 5.32 Å². The van der Waals surface area contributed by atoms with Gasteiger partial charge in [0.25, 0.3) is 0 Å². The average molecular weight is 832 g/mol. The zero-order valence-corrected chi connectivity index (χ0v) is 36.9. The predicted molar refractivity (Wildman–Crippen MR) is 227 cm³/mol. The molecule has 0 saturated heterocycles. The lowest BCUT2D eigenvalue weighted by atomic mass is 10.0. The van der Waals surface area contributed by atoms with Gasteiger partial charge in [0.2, 0.25) is 5.91 Å². The highest BCUT2D eigenvalue weighted by atomic mass is 31.2. The normalized spacial score (nSPS) is 13.0. The van der Waals surface area contributed by atoms with Crippen LogP contribution in [0.3, 0.4) is 0 Å². The lowest BCUT2D eigenvalue weighted by Crippen LogP contribution is -2.30. The van der Waals surface area contributed by atoms with Gasteiger partial charge in [0.15, 0.2) is 6.10 Å². The van der Waals surface area contributed by atoms with Crippen LogP contribution < -0.4 is 5.32 Å². The maximum absolute atomic E-state index is 12.7. The van der Waals surface area contributed by atoms with Crippen LogP contribution in [0.5, 0.6) is 0 Å². The molecule has 0 radical (unpaired) electrons. The minimum absolute atomic E-state index is 0.00169. The molecule has 334 valence electrons. The zero-order chi connectivity index (χ0) is 42.1. The fourth-order valence-electron chi connectivity index (χ4n) is 6.30. The first-order chi connectivity index (χ1) is 27.6. The number of nitrogens with one attached hydrogen (secondary N) is 1. The molecular formula is C44H82NO11P. The Labute approximate surface area is 346 Å². The fraction of sp³-hybridized carbons (Fsp3) is 0.864. The lowest BCUT2D eigenvalue weighted by Gasteiger charge is -2.20. The second-order valence-electron chi connectivity index (χ2n) is 15.3. The number of hydrogen-bond acceptors (Lipinski definition) is 9. The maximum Gasteiger partial charge on any atom is 0.472 e. The van der Waals surface area contributed by atoms with Gasteiger partial charge in [-0.05, 0) is 44.9 Å². The van der Waals surface area contributed by atoms with Crippen molar-refractivity contribution in [3.63, 3.8) is 0 Å². The first kappa shape index (κ1) is 54.7. The molecule has 0 aromatic rings. The maximum atomic E-state index is 12.7. The van der Waals surface area contributed by atoms with Crippen molar-refractivity contribution in [3.8, 4) is 0 Å². The Balaban J connectivity index is 4.53. The summed E-state index contributed by atoms with van der Waals surface area (Å²) < 4.78 is 33.4. The van der Waals surface area contributed by atoms with Gasteiger partial charge in [-0.2, -0.15) is 0 Å². The third kappa shape index (κ3) is 41.7. The van der Waals surface area contributed by atoms with Crippen molar-refractivity contribution in [1.29, 1.82) is 0 Å². The van der Waals surface area contributed by atoms with Crippen LogP contribution >= 0.6 is 7.82 Å². The largest absolute Gasteiger partial charge is 0.481 e. The number of phosphoric ester groups is 1. The average Bonchev–Trinajstić information content (AvgIpc) is 3.17. The van der Waals surface area contributed by atoms with E-state index in [1.807, 2.05) is 0 Å². The van der Waals surface area contributed by atoms with Crippen LogP contribution in [0.4, 0.5) is 0 Å². The van der Waals surface area contributed by atoms with Gasteiger partial charge in [-0.3, -0.25) is 28.2 Å². The molecule has 0 aromatic heterocycles. The molecule has 0 bridgehead atoms. The molecule has 0 saturated carbocycles. The third-order valence-corrected chi connectivity index (χ3v) is 10.7. The van der Waals surface area contributed by atoms with Crippen molar-refractivity contribution in [2.75, 3.05) is 26.4 Å². The van der Waals surface area contributed by atoms with Crippen molar-refractivity contribution < 1.29 is 52.3 Å². The summed E-state index contributed by atoms with van der Waals surface area (Å²) in [6, 6.07) is 0. The number of phosphoric acid groups is 1. The van der Waals surface area contributed by atoms with E-state index in [-0.39, 0.29) is 51.9 Å². The van der Waals surface area contributed by atoms with Crippen LogP contribution in [0, 0.1) is 0 Å². The molecule has 0 aliphatic rings. The number of esters is 2. The van der Waals surface area contributed by atoms with E-state index in [1.165, 1.54) is 96.3 Å². The number of carboxylic acid groups (broad SMARTS) is 1. The second-order valence-corrected chi connectivity index (χ2v) is 16.8. The quantitative estimate of drug-likeness (QED) is 0.0231. The number of allylic oxidation sites excluding steroid dienone is 2. The molecule has 3 N–H and O–H groups in total. The van der Waals surface area contributed by atoms with Gasteiger partial charge in [0.1, 0.15) is 6.61 Å². The zero-order valence-electron chi connectivity index (χ0n) is 36.0. The van der Waals surface area contributed by atoms with E-state index in [4.69, 9.17) is 23.6 Å². The van der Waals surface area contributed by atoms with Crippen LogP contribution in [0.15, 0.2) is 12.2 Å². The Morgan fingerprint density at radius 3 is 1.51 bits per heavy atom. The van der Waals surface area contributed by atoms with E-state index in [0.29, 0.717) is 12.8 Å². The smallest absolute Gasteiger partial charge is 0.472 e. The molecule has 2 atom stereocenters. The van der Waals surface area contributed by atoms with Crippen LogP contribution in [-0.4, -0.2) is 66.3 Å². The number of unbranched alkanes of at least 4 members (excludes halogenated alkanes) is 23. The number of carbonyl (C=O) groups is 4. The summed E-state index contributed by atoms with van der Waals surface area (Å²) in [4.78, 5) is 57.7. The van der Waals surface area contributed by atoms with Gasteiger partial charge in [-0.1, -0.05) is 154 Å². The summed E-state index contributed by atoms with van der Waals surface area (Å²) in [6.07, 6.45) is 34.3. The van der Waals surface area contributed by atoms with E-state index in [0.717, 1.165) is 57.8 Å². The van der Waals surface area contributed by atoms with E-state index in [1.54, 1.807) is 0 Å². The van der Waals surface area contributed by atoms with Gasteiger partial charge < -0.3 is 24.8 Å². The molecular weight excluding hydrogens is 749 g/mol. The Morgan fingerprint density at radius 2 is 1.02 bits per heavy atom. The van der Waals surface area contributed by atoms with Gasteiger partial charge in [-0.25, -0.2) is 4.57 Å². The highest BCUT2D eigenvalue weighted by Gasteiger charge is 2.26. The summed E-state index contributed by atoms with van der Waals surface area (Å²) >= 11 is 0. The Hall–Kier alpha value is -2.27. The molecule has 57 heavy (non-hydrogen) atoms. The van der Waals surface area contributed by atoms with Crippen molar-refractivity contribution in [2.24, 2.45) is 0 Å². The molecule has 0 heterocycles. The SMILES string of the molecule is CCCCCCCC/C=C\CCCCCCCC(=O)O[C@H](COC(=O)CCCCCCCCCCCCCCC)COP(=O)(O)OCCNC(=O)CCCC(=O)O. The van der Waals surface area contributed by atoms with Gasteiger partial charge in [0.05, 0.1) is 13.2 Å². The van der Waals surface area contributed by atoms with Crippen LogP contribution in [0.1, 0.15) is 213 Å². The topological polar surface area (TPSA) is 175 Å². The summed E-state index contributed by atoms with van der Waals surface area (Å²) in [5, 5.41) is 11.2. The Bertz CT molecular complexity index is 1070. The molecule has 0 aromatic carbocycles. The number of hydrogen-bond donors (Lipinski definition) is 3. The Kier molecular flexibility index (Phi) is 38.9. The fourth-order valence-corrected chi connectivity index (χ4v) is 7.05. The second kappa shape index (κ2) is 40.5. The predicted octanol–water partition coefficient (Wildman–Crippen LogP) is 11.5. The highest BCUT2D eigenvalue weighted by Crippen LogP contribution is 2.43. The van der Waals surface area contributed by atoms with E-state index in [9.17, 15) is 28.6 Å². The molecule has 1 unspecified atom stereocenters. The summed E-state index contributed by atoms with van der Waals surface area (Å²) in [5.74, 6) is -2.35.